The molecule has 0 spiro atoms. The van der Waals surface area contributed by atoms with Gasteiger partial charge in [0.2, 0.25) is 0 Å². The van der Waals surface area contributed by atoms with Gasteiger partial charge in [-0.2, -0.15) is 0 Å². The second-order valence-corrected chi connectivity index (χ2v) is 9.73. The Morgan fingerprint density at radius 1 is 0.517 bits per heavy atom. The molecule has 0 N–H and O–H groups in total. The van der Waals surface area contributed by atoms with Crippen molar-refractivity contribution in [3.05, 3.63) is 12.4 Å². The van der Waals surface area contributed by atoms with Crippen LogP contribution in [0, 0.1) is 5.92 Å². The van der Waals surface area contributed by atoms with Crippen molar-refractivity contribution in [2.24, 2.45) is 5.92 Å². The van der Waals surface area contributed by atoms with E-state index in [0.29, 0.717) is 12.1 Å². The van der Waals surface area contributed by atoms with Gasteiger partial charge in [-0.25, -0.2) is 0 Å². The average molecular weight is 407 g/mol. The van der Waals surface area contributed by atoms with E-state index in [1.807, 2.05) is 0 Å². The van der Waals surface area contributed by atoms with Crippen molar-refractivity contribution in [3.63, 3.8) is 0 Å². The number of nitrogens with zero attached hydrogens (tertiary/aromatic N) is 2. The van der Waals surface area contributed by atoms with Crippen molar-refractivity contribution in [1.82, 2.24) is 9.80 Å². The number of rotatable bonds is 20. The van der Waals surface area contributed by atoms with Crippen LogP contribution in [0.25, 0.3) is 0 Å². The van der Waals surface area contributed by atoms with Crippen molar-refractivity contribution in [2.75, 3.05) is 13.1 Å². The second-order valence-electron chi connectivity index (χ2n) is 9.73. The quantitative estimate of drug-likeness (QED) is 0.186. The van der Waals surface area contributed by atoms with Gasteiger partial charge in [0, 0.05) is 25.5 Å². The Balaban J connectivity index is 2.10. The molecule has 2 heteroatoms. The molecule has 1 heterocycles. The summed E-state index contributed by atoms with van der Waals surface area (Å²) < 4.78 is 0. The summed E-state index contributed by atoms with van der Waals surface area (Å²) in [5.74, 6) is 0.692. The molecule has 2 nitrogen and oxygen atoms in total. The zero-order chi connectivity index (χ0) is 21.2. The molecule has 0 aromatic carbocycles. The van der Waals surface area contributed by atoms with E-state index in [4.69, 9.17) is 0 Å². The van der Waals surface area contributed by atoms with E-state index in [-0.39, 0.29) is 0 Å². The number of hydrogen-bond acceptors (Lipinski definition) is 2. The van der Waals surface area contributed by atoms with Gasteiger partial charge in [0.15, 0.2) is 0 Å². The fourth-order valence-corrected chi connectivity index (χ4v) is 4.75. The molecular weight excluding hydrogens is 352 g/mol. The maximum absolute atomic E-state index is 2.62. The largest absolute Gasteiger partial charge is 0.356 e. The van der Waals surface area contributed by atoms with E-state index in [1.165, 1.54) is 122 Å². The predicted octanol–water partition coefficient (Wildman–Crippen LogP) is 8.73. The van der Waals surface area contributed by atoms with Crippen molar-refractivity contribution in [3.8, 4) is 0 Å². The molecule has 0 aromatic heterocycles. The van der Waals surface area contributed by atoms with Crippen LogP contribution < -0.4 is 0 Å². The summed E-state index contributed by atoms with van der Waals surface area (Å²) in [5.41, 5.74) is 0. The first kappa shape index (κ1) is 26.4. The summed E-state index contributed by atoms with van der Waals surface area (Å²) in [4.78, 5) is 5.24. The lowest BCUT2D eigenvalue weighted by Crippen LogP contribution is -2.43. The molecule has 1 unspecified atom stereocenters. The van der Waals surface area contributed by atoms with Gasteiger partial charge in [0.25, 0.3) is 0 Å². The molecule has 0 saturated heterocycles. The van der Waals surface area contributed by atoms with Gasteiger partial charge in [0.05, 0.1) is 0 Å². The minimum atomic E-state index is 0.591. The third-order valence-corrected chi connectivity index (χ3v) is 6.52. The summed E-state index contributed by atoms with van der Waals surface area (Å²) in [6.07, 6.45) is 29.4. The van der Waals surface area contributed by atoms with Gasteiger partial charge in [-0.3, -0.25) is 0 Å². The monoisotopic (exact) mass is 406 g/mol. The third-order valence-electron chi connectivity index (χ3n) is 6.52. The lowest BCUT2D eigenvalue weighted by Gasteiger charge is -2.36. The normalized spacial score (nSPS) is 16.5. The summed E-state index contributed by atoms with van der Waals surface area (Å²) >= 11 is 0. The van der Waals surface area contributed by atoms with Gasteiger partial charge in [-0.1, -0.05) is 124 Å². The summed E-state index contributed by atoms with van der Waals surface area (Å²) in [6, 6.07) is 0. The van der Waals surface area contributed by atoms with Crippen LogP contribution in [0.5, 0.6) is 0 Å². The highest BCUT2D eigenvalue weighted by Gasteiger charge is 2.28. The van der Waals surface area contributed by atoms with Crippen LogP contribution in [0.3, 0.4) is 0 Å². The topological polar surface area (TPSA) is 6.48 Å². The maximum atomic E-state index is 2.62. The van der Waals surface area contributed by atoms with Gasteiger partial charge in [-0.15, -0.1) is 0 Å². The van der Waals surface area contributed by atoms with E-state index in [1.54, 1.807) is 0 Å². The maximum Gasteiger partial charge on any atom is 0.103 e. The molecule has 1 aliphatic rings. The van der Waals surface area contributed by atoms with Crippen molar-refractivity contribution < 1.29 is 0 Å². The smallest absolute Gasteiger partial charge is 0.103 e. The molecule has 29 heavy (non-hydrogen) atoms. The fourth-order valence-electron chi connectivity index (χ4n) is 4.75. The lowest BCUT2D eigenvalue weighted by molar-refractivity contribution is 0.104. The Bertz CT molecular complexity index is 377. The van der Waals surface area contributed by atoms with Gasteiger partial charge in [0.1, 0.15) is 6.17 Å². The Hall–Kier alpha value is -0.660. The SMILES string of the molecule is CCCCCCCCCCCN1C=CN(CCCCCCCCCC)C1C(C)C. The molecule has 1 aliphatic heterocycles. The molecule has 0 fully saturated rings. The van der Waals surface area contributed by atoms with Gasteiger partial charge >= 0.3 is 0 Å². The van der Waals surface area contributed by atoms with Crippen molar-refractivity contribution in [2.45, 2.75) is 143 Å². The molecule has 0 aliphatic carbocycles. The van der Waals surface area contributed by atoms with Crippen molar-refractivity contribution >= 4 is 0 Å². The highest BCUT2D eigenvalue weighted by molar-refractivity contribution is 4.98. The summed E-state index contributed by atoms with van der Waals surface area (Å²) in [5, 5.41) is 0. The van der Waals surface area contributed by atoms with E-state index < -0.39 is 0 Å². The second kappa shape index (κ2) is 18.1. The number of hydrogen-bond donors (Lipinski definition) is 0. The van der Waals surface area contributed by atoms with Gasteiger partial charge < -0.3 is 9.80 Å². The molecule has 1 rings (SSSR count). The van der Waals surface area contributed by atoms with Crippen LogP contribution in [0.1, 0.15) is 137 Å². The van der Waals surface area contributed by atoms with Crippen LogP contribution in [-0.4, -0.2) is 29.1 Å². The molecule has 0 saturated carbocycles. The molecule has 0 radical (unpaired) electrons. The van der Waals surface area contributed by atoms with Crippen LogP contribution in [0.15, 0.2) is 12.4 Å². The molecule has 0 bridgehead atoms. The van der Waals surface area contributed by atoms with Crippen LogP contribution in [-0.2, 0) is 0 Å². The zero-order valence-corrected chi connectivity index (χ0v) is 20.6. The molecule has 172 valence electrons. The lowest BCUT2D eigenvalue weighted by atomic mass is 10.1. The predicted molar refractivity (Wildman–Crippen MR) is 131 cm³/mol. The zero-order valence-electron chi connectivity index (χ0n) is 20.6. The Kier molecular flexibility index (Phi) is 16.5. The first-order valence-electron chi connectivity index (χ1n) is 13.4. The van der Waals surface area contributed by atoms with Gasteiger partial charge in [-0.05, 0) is 18.8 Å². The summed E-state index contributed by atoms with van der Waals surface area (Å²) in [6.45, 7) is 11.9. The fraction of sp³-hybridized carbons (Fsp3) is 0.926. The highest BCUT2D eigenvalue weighted by atomic mass is 15.4. The summed E-state index contributed by atoms with van der Waals surface area (Å²) in [7, 11) is 0. The van der Waals surface area contributed by atoms with E-state index >= 15 is 0 Å². The standard InChI is InChI=1S/C27H54N2/c1-5-7-9-11-13-15-17-19-21-23-29-25-24-28(27(29)26(3)4)22-20-18-16-14-12-10-8-6-2/h24-27H,5-23H2,1-4H3. The molecule has 1 atom stereocenters. The minimum Gasteiger partial charge on any atom is -0.356 e. The Morgan fingerprint density at radius 3 is 1.14 bits per heavy atom. The van der Waals surface area contributed by atoms with E-state index in [9.17, 15) is 0 Å². The number of unbranched alkanes of at least 4 members (excludes halogenated alkanes) is 15. The first-order valence-corrected chi connectivity index (χ1v) is 13.4. The Morgan fingerprint density at radius 2 is 0.828 bits per heavy atom. The third kappa shape index (κ3) is 12.6. The van der Waals surface area contributed by atoms with Crippen LogP contribution in [0.4, 0.5) is 0 Å². The minimum absolute atomic E-state index is 0.591. The molecule has 0 aromatic rings. The average Bonchev–Trinajstić information content (AvgIpc) is 3.11. The molecule has 0 amide bonds. The van der Waals surface area contributed by atoms with Crippen LogP contribution in [0.2, 0.25) is 0 Å². The molecular formula is C27H54N2. The van der Waals surface area contributed by atoms with Crippen LogP contribution >= 0.6 is 0 Å². The van der Waals surface area contributed by atoms with E-state index in [0.717, 1.165) is 0 Å². The Labute approximate surface area is 184 Å². The van der Waals surface area contributed by atoms with E-state index in [2.05, 4.69) is 49.9 Å². The first-order chi connectivity index (χ1) is 14.2. The van der Waals surface area contributed by atoms with Crippen molar-refractivity contribution in [1.29, 1.82) is 0 Å². The highest BCUT2D eigenvalue weighted by Crippen LogP contribution is 2.24.